The molecule has 0 atom stereocenters. The van der Waals surface area contributed by atoms with E-state index in [4.69, 9.17) is 9.47 Å². The SMILES string of the molecule is COc1cc(/C=C2/SC(=O)N(CC(=O)Nc3cc(C)cc(C)c3)C2=O)ccc1OCc1cccc2ccccc12. The summed E-state index contributed by atoms with van der Waals surface area (Å²) in [5, 5.41) is 4.54. The monoisotopic (exact) mass is 552 g/mol. The van der Waals surface area contributed by atoms with Gasteiger partial charge in [-0.05, 0) is 89.0 Å². The van der Waals surface area contributed by atoms with Crippen LogP contribution in [0.1, 0.15) is 22.3 Å². The molecule has 0 aromatic heterocycles. The molecular weight excluding hydrogens is 524 g/mol. The Kier molecular flexibility index (Phi) is 7.89. The van der Waals surface area contributed by atoms with Crippen molar-refractivity contribution in [3.05, 3.63) is 106 Å². The lowest BCUT2D eigenvalue weighted by atomic mass is 10.1. The number of benzene rings is 4. The van der Waals surface area contributed by atoms with Crippen LogP contribution in [-0.4, -0.2) is 35.6 Å². The average Bonchev–Trinajstić information content (AvgIpc) is 3.18. The number of methoxy groups -OCH3 is 1. The number of hydrogen-bond donors (Lipinski definition) is 1. The molecule has 0 unspecified atom stereocenters. The molecule has 4 aromatic rings. The number of carbonyl (C=O) groups is 3. The Labute approximate surface area is 236 Å². The summed E-state index contributed by atoms with van der Waals surface area (Å²) in [6, 6.07) is 25.2. The molecule has 40 heavy (non-hydrogen) atoms. The molecule has 7 nitrogen and oxygen atoms in total. The van der Waals surface area contributed by atoms with Crippen molar-refractivity contribution in [1.82, 2.24) is 4.90 Å². The Morgan fingerprint density at radius 1 is 0.925 bits per heavy atom. The lowest BCUT2D eigenvalue weighted by molar-refractivity contribution is -0.127. The third-order valence-corrected chi connectivity index (χ3v) is 7.34. The lowest BCUT2D eigenvalue weighted by Crippen LogP contribution is -2.36. The molecule has 1 heterocycles. The van der Waals surface area contributed by atoms with Crippen molar-refractivity contribution in [2.24, 2.45) is 0 Å². The van der Waals surface area contributed by atoms with Crippen LogP contribution in [0.25, 0.3) is 16.8 Å². The molecule has 0 saturated carbocycles. The minimum absolute atomic E-state index is 0.232. The molecule has 1 aliphatic rings. The van der Waals surface area contributed by atoms with Crippen molar-refractivity contribution >= 4 is 51.4 Å². The predicted octanol–water partition coefficient (Wildman–Crippen LogP) is 6.72. The molecule has 0 spiro atoms. The van der Waals surface area contributed by atoms with E-state index in [0.717, 1.165) is 44.1 Å². The molecule has 1 saturated heterocycles. The molecule has 1 aliphatic heterocycles. The first-order valence-corrected chi connectivity index (χ1v) is 13.5. The van der Waals surface area contributed by atoms with Gasteiger partial charge < -0.3 is 14.8 Å². The number of thioether (sulfide) groups is 1. The van der Waals surface area contributed by atoms with Gasteiger partial charge >= 0.3 is 0 Å². The van der Waals surface area contributed by atoms with Crippen LogP contribution in [0.4, 0.5) is 10.5 Å². The average molecular weight is 553 g/mol. The zero-order chi connectivity index (χ0) is 28.2. The molecule has 0 bridgehead atoms. The molecular formula is C32H28N2O5S. The summed E-state index contributed by atoms with van der Waals surface area (Å²) < 4.78 is 11.6. The number of nitrogens with zero attached hydrogens (tertiary/aromatic N) is 1. The number of rotatable bonds is 8. The van der Waals surface area contributed by atoms with Crippen LogP contribution in [-0.2, 0) is 16.2 Å². The standard InChI is InChI=1S/C32H28N2O5S/c1-20-13-21(2)15-25(14-20)33-30(35)18-34-31(36)29(40-32(34)37)17-22-11-12-27(28(16-22)38-3)39-19-24-9-6-8-23-7-4-5-10-26(23)24/h4-17H,18-19H2,1-3H3,(H,33,35)/b29-17+. The topological polar surface area (TPSA) is 84.9 Å². The molecule has 4 aromatic carbocycles. The van der Waals surface area contributed by atoms with E-state index < -0.39 is 17.1 Å². The Hall–Kier alpha value is -4.56. The summed E-state index contributed by atoms with van der Waals surface area (Å²) in [5.41, 5.74) is 4.36. The van der Waals surface area contributed by atoms with E-state index in [1.54, 1.807) is 31.4 Å². The highest BCUT2D eigenvalue weighted by Crippen LogP contribution is 2.35. The number of amides is 3. The van der Waals surface area contributed by atoms with Gasteiger partial charge in [0.25, 0.3) is 11.1 Å². The van der Waals surface area contributed by atoms with Crippen molar-refractivity contribution in [3.8, 4) is 11.5 Å². The summed E-state index contributed by atoms with van der Waals surface area (Å²) in [6.45, 7) is 3.87. The van der Waals surface area contributed by atoms with Gasteiger partial charge in [-0.25, -0.2) is 0 Å². The molecule has 202 valence electrons. The summed E-state index contributed by atoms with van der Waals surface area (Å²) in [6.07, 6.45) is 1.61. The van der Waals surface area contributed by atoms with Crippen LogP contribution in [0.15, 0.2) is 83.8 Å². The zero-order valence-electron chi connectivity index (χ0n) is 22.4. The van der Waals surface area contributed by atoms with Gasteiger partial charge in [-0.15, -0.1) is 0 Å². The van der Waals surface area contributed by atoms with Gasteiger partial charge in [-0.1, -0.05) is 54.6 Å². The third-order valence-electron chi connectivity index (χ3n) is 6.43. The van der Waals surface area contributed by atoms with Crippen LogP contribution in [0.5, 0.6) is 11.5 Å². The van der Waals surface area contributed by atoms with Crippen LogP contribution < -0.4 is 14.8 Å². The first kappa shape index (κ1) is 27.0. The van der Waals surface area contributed by atoms with Crippen molar-refractivity contribution in [2.75, 3.05) is 19.0 Å². The lowest BCUT2D eigenvalue weighted by Gasteiger charge is -2.13. The van der Waals surface area contributed by atoms with Crippen LogP contribution in [0.3, 0.4) is 0 Å². The van der Waals surface area contributed by atoms with E-state index in [2.05, 4.69) is 23.5 Å². The second-order valence-corrected chi connectivity index (χ2v) is 10.5. The summed E-state index contributed by atoms with van der Waals surface area (Å²) >= 11 is 0.803. The maximum absolute atomic E-state index is 13.0. The second kappa shape index (κ2) is 11.7. The molecule has 5 rings (SSSR count). The Morgan fingerprint density at radius 3 is 2.45 bits per heavy atom. The van der Waals surface area contributed by atoms with E-state index in [1.807, 2.05) is 56.3 Å². The normalized spacial score (nSPS) is 14.2. The number of fused-ring (bicyclic) bond motifs is 1. The maximum Gasteiger partial charge on any atom is 0.294 e. The van der Waals surface area contributed by atoms with E-state index in [0.29, 0.717) is 29.4 Å². The minimum Gasteiger partial charge on any atom is -0.493 e. The fourth-order valence-electron chi connectivity index (χ4n) is 4.65. The van der Waals surface area contributed by atoms with Gasteiger partial charge in [0, 0.05) is 5.69 Å². The highest BCUT2D eigenvalue weighted by Gasteiger charge is 2.36. The highest BCUT2D eigenvalue weighted by atomic mass is 32.2. The fourth-order valence-corrected chi connectivity index (χ4v) is 5.48. The molecule has 0 aliphatic carbocycles. The van der Waals surface area contributed by atoms with Crippen molar-refractivity contribution < 1.29 is 23.9 Å². The third kappa shape index (κ3) is 6.02. The zero-order valence-corrected chi connectivity index (χ0v) is 23.2. The fraction of sp³-hybridized carbons (Fsp3) is 0.156. The molecule has 0 radical (unpaired) electrons. The number of imide groups is 1. The Morgan fingerprint density at radius 2 is 1.68 bits per heavy atom. The second-order valence-electron chi connectivity index (χ2n) is 9.53. The summed E-state index contributed by atoms with van der Waals surface area (Å²) in [5.74, 6) is 0.105. The number of carbonyl (C=O) groups excluding carboxylic acids is 3. The predicted molar refractivity (Wildman–Crippen MR) is 158 cm³/mol. The van der Waals surface area contributed by atoms with Gasteiger partial charge in [-0.3, -0.25) is 19.3 Å². The maximum atomic E-state index is 13.0. The first-order valence-electron chi connectivity index (χ1n) is 12.7. The summed E-state index contributed by atoms with van der Waals surface area (Å²) in [4.78, 5) is 39.3. The van der Waals surface area contributed by atoms with Crippen LogP contribution in [0.2, 0.25) is 0 Å². The Balaban J connectivity index is 1.27. The molecule has 8 heteroatoms. The van der Waals surface area contributed by atoms with Gasteiger partial charge in [0.05, 0.1) is 12.0 Å². The van der Waals surface area contributed by atoms with E-state index in [1.165, 1.54) is 0 Å². The molecule has 1 fully saturated rings. The number of hydrogen-bond acceptors (Lipinski definition) is 6. The van der Waals surface area contributed by atoms with Gasteiger partial charge in [-0.2, -0.15) is 0 Å². The minimum atomic E-state index is -0.513. The Bertz CT molecular complexity index is 1640. The summed E-state index contributed by atoms with van der Waals surface area (Å²) in [7, 11) is 1.55. The highest BCUT2D eigenvalue weighted by molar-refractivity contribution is 8.18. The number of aryl methyl sites for hydroxylation is 2. The van der Waals surface area contributed by atoms with E-state index in [-0.39, 0.29) is 11.4 Å². The van der Waals surface area contributed by atoms with Gasteiger partial charge in [0.15, 0.2) is 11.5 Å². The van der Waals surface area contributed by atoms with Crippen LogP contribution >= 0.6 is 11.8 Å². The smallest absolute Gasteiger partial charge is 0.294 e. The van der Waals surface area contributed by atoms with E-state index >= 15 is 0 Å². The van der Waals surface area contributed by atoms with Crippen molar-refractivity contribution in [2.45, 2.75) is 20.5 Å². The molecule has 1 N–H and O–H groups in total. The van der Waals surface area contributed by atoms with Crippen molar-refractivity contribution in [1.29, 1.82) is 0 Å². The first-order chi connectivity index (χ1) is 19.3. The van der Waals surface area contributed by atoms with Gasteiger partial charge in [0.2, 0.25) is 5.91 Å². The number of nitrogens with one attached hydrogen (secondary N) is 1. The largest absolute Gasteiger partial charge is 0.493 e. The van der Waals surface area contributed by atoms with Crippen molar-refractivity contribution in [3.63, 3.8) is 0 Å². The number of ether oxygens (including phenoxy) is 2. The van der Waals surface area contributed by atoms with E-state index in [9.17, 15) is 14.4 Å². The number of anilines is 1. The van der Waals surface area contributed by atoms with Crippen LogP contribution in [0, 0.1) is 13.8 Å². The molecule has 3 amide bonds. The quantitative estimate of drug-likeness (QED) is 0.244. The van der Waals surface area contributed by atoms with Gasteiger partial charge in [0.1, 0.15) is 13.2 Å².